The van der Waals surface area contributed by atoms with Crippen LogP contribution in [0.15, 0.2) is 65.7 Å². The summed E-state index contributed by atoms with van der Waals surface area (Å²) in [7, 11) is 1.57. The molecule has 3 rings (SSSR count). The van der Waals surface area contributed by atoms with E-state index in [4.69, 9.17) is 0 Å². The highest BCUT2D eigenvalue weighted by molar-refractivity contribution is 6.03. The van der Waals surface area contributed by atoms with E-state index in [1.54, 1.807) is 31.3 Å². The Labute approximate surface area is 143 Å². The third kappa shape index (κ3) is 4.08. The maximum atomic E-state index is 13.2. The molecule has 0 fully saturated rings. The molecule has 0 bridgehead atoms. The molecule has 2 N–H and O–H groups in total. The second-order valence-electron chi connectivity index (χ2n) is 5.39. The van der Waals surface area contributed by atoms with Gasteiger partial charge in [-0.15, -0.1) is 0 Å². The van der Waals surface area contributed by atoms with Crippen LogP contribution < -0.4 is 16.2 Å². The Morgan fingerprint density at radius 2 is 1.96 bits per heavy atom. The topological polar surface area (TPSA) is 76.0 Å². The Bertz CT molecular complexity index is 967. The van der Waals surface area contributed by atoms with Gasteiger partial charge in [0.05, 0.1) is 17.4 Å². The molecule has 2 aromatic heterocycles. The minimum Gasteiger partial charge on any atom is -0.354 e. The van der Waals surface area contributed by atoms with Crippen molar-refractivity contribution in [2.45, 2.75) is 0 Å². The molecule has 0 unspecified atom stereocenters. The summed E-state index contributed by atoms with van der Waals surface area (Å²) in [5.41, 5.74) is 1.42. The van der Waals surface area contributed by atoms with Gasteiger partial charge in [-0.25, -0.2) is 9.37 Å². The van der Waals surface area contributed by atoms with E-state index in [1.165, 1.54) is 41.2 Å². The van der Waals surface area contributed by atoms with E-state index >= 15 is 0 Å². The van der Waals surface area contributed by atoms with E-state index in [0.717, 1.165) is 0 Å². The van der Waals surface area contributed by atoms with Gasteiger partial charge < -0.3 is 15.2 Å². The minimum atomic E-state index is -0.367. The number of nitrogens with one attached hydrogen (secondary N) is 2. The lowest BCUT2D eigenvalue weighted by Gasteiger charge is -2.08. The first-order chi connectivity index (χ1) is 12.0. The summed E-state index contributed by atoms with van der Waals surface area (Å²) >= 11 is 0. The maximum Gasteiger partial charge on any atom is 0.258 e. The molecule has 7 heteroatoms. The Hall–Kier alpha value is -3.48. The summed E-state index contributed by atoms with van der Waals surface area (Å²) in [5.74, 6) is -0.336. The number of nitrogens with zero attached hydrogens (tertiary/aromatic N) is 2. The van der Waals surface area contributed by atoms with Crippen molar-refractivity contribution in [1.82, 2.24) is 9.55 Å². The number of aromatic nitrogens is 2. The van der Waals surface area contributed by atoms with Gasteiger partial charge in [0, 0.05) is 25.0 Å². The summed E-state index contributed by atoms with van der Waals surface area (Å²) in [6.07, 6.45) is 2.98. The van der Waals surface area contributed by atoms with Gasteiger partial charge in [-0.2, -0.15) is 0 Å². The summed E-state index contributed by atoms with van der Waals surface area (Å²) in [6, 6.07) is 12.2. The van der Waals surface area contributed by atoms with Crippen molar-refractivity contribution in [3.8, 4) is 0 Å². The summed E-state index contributed by atoms with van der Waals surface area (Å²) in [5, 5.41) is 5.67. The average molecular weight is 338 g/mol. The smallest absolute Gasteiger partial charge is 0.258 e. The van der Waals surface area contributed by atoms with Crippen LogP contribution in [0.2, 0.25) is 0 Å². The molecule has 6 nitrogen and oxygen atoms in total. The lowest BCUT2D eigenvalue weighted by molar-refractivity contribution is 0.102. The van der Waals surface area contributed by atoms with Crippen LogP contribution in [0.25, 0.3) is 0 Å². The van der Waals surface area contributed by atoms with Crippen LogP contribution in [0.4, 0.5) is 21.6 Å². The summed E-state index contributed by atoms with van der Waals surface area (Å²) in [6.45, 7) is 0. The fourth-order valence-electron chi connectivity index (χ4n) is 2.19. The van der Waals surface area contributed by atoms with Crippen molar-refractivity contribution in [1.29, 1.82) is 0 Å². The lowest BCUT2D eigenvalue weighted by atomic mass is 10.2. The molecule has 0 saturated heterocycles. The molecular weight excluding hydrogens is 323 g/mol. The van der Waals surface area contributed by atoms with Gasteiger partial charge in [0.15, 0.2) is 0 Å². The number of carbonyl (C=O) groups excluding carboxylic acids is 1. The molecular formula is C18H15FN4O2. The summed E-state index contributed by atoms with van der Waals surface area (Å²) in [4.78, 5) is 27.7. The highest BCUT2D eigenvalue weighted by Crippen LogP contribution is 2.18. The first-order valence-electron chi connectivity index (χ1n) is 7.48. The van der Waals surface area contributed by atoms with Crippen LogP contribution in [0.3, 0.4) is 0 Å². The fraction of sp³-hybridized carbons (Fsp3) is 0.0556. The Morgan fingerprint density at radius 1 is 1.12 bits per heavy atom. The van der Waals surface area contributed by atoms with E-state index < -0.39 is 0 Å². The number of hydrogen-bond acceptors (Lipinski definition) is 4. The maximum absolute atomic E-state index is 13.2. The third-order valence-corrected chi connectivity index (χ3v) is 3.47. The minimum absolute atomic E-state index is 0.192. The number of amides is 1. The van der Waals surface area contributed by atoms with Gasteiger partial charge >= 0.3 is 0 Å². The van der Waals surface area contributed by atoms with E-state index in [9.17, 15) is 14.0 Å². The van der Waals surface area contributed by atoms with Crippen molar-refractivity contribution in [3.05, 3.63) is 82.7 Å². The molecule has 0 spiro atoms. The van der Waals surface area contributed by atoms with Crippen molar-refractivity contribution in [3.63, 3.8) is 0 Å². The zero-order chi connectivity index (χ0) is 17.8. The number of halogens is 1. The number of anilines is 3. The molecule has 25 heavy (non-hydrogen) atoms. The van der Waals surface area contributed by atoms with E-state index in [1.807, 2.05) is 0 Å². The second kappa shape index (κ2) is 6.96. The van der Waals surface area contributed by atoms with E-state index in [0.29, 0.717) is 22.8 Å². The Kier molecular flexibility index (Phi) is 4.56. The Balaban J connectivity index is 1.68. The zero-order valence-electron chi connectivity index (χ0n) is 13.4. The van der Waals surface area contributed by atoms with Crippen molar-refractivity contribution >= 4 is 23.1 Å². The monoisotopic (exact) mass is 338 g/mol. The molecule has 0 aliphatic carbocycles. The second-order valence-corrected chi connectivity index (χ2v) is 5.39. The van der Waals surface area contributed by atoms with Crippen LogP contribution in [0.5, 0.6) is 0 Å². The van der Waals surface area contributed by atoms with E-state index in [2.05, 4.69) is 15.6 Å². The molecule has 1 aromatic carbocycles. The highest BCUT2D eigenvalue weighted by Gasteiger charge is 2.08. The SMILES string of the molecule is Cn1cc(C(=O)Nc2ccc(Nc3cccc(F)c3)cn2)ccc1=O. The molecule has 126 valence electrons. The molecule has 0 atom stereocenters. The normalized spacial score (nSPS) is 10.3. The standard InChI is InChI=1S/C18H15FN4O2/c1-23-11-12(5-8-17(23)24)18(25)22-16-7-6-15(10-20-16)21-14-4-2-3-13(19)9-14/h2-11,21H,1H3,(H,20,22,25). The van der Waals surface area contributed by atoms with Crippen LogP contribution in [-0.4, -0.2) is 15.5 Å². The van der Waals surface area contributed by atoms with Gasteiger partial charge in [0.25, 0.3) is 5.91 Å². The van der Waals surface area contributed by atoms with Gasteiger partial charge in [-0.3, -0.25) is 9.59 Å². The van der Waals surface area contributed by atoms with Gasteiger partial charge in [0.2, 0.25) is 5.56 Å². The molecule has 0 aliphatic rings. The van der Waals surface area contributed by atoms with E-state index in [-0.39, 0.29) is 17.3 Å². The highest BCUT2D eigenvalue weighted by atomic mass is 19.1. The first kappa shape index (κ1) is 16.4. The first-order valence-corrected chi connectivity index (χ1v) is 7.48. The molecule has 0 saturated carbocycles. The van der Waals surface area contributed by atoms with Crippen LogP contribution in [0.1, 0.15) is 10.4 Å². The molecule has 3 aromatic rings. The molecule has 0 radical (unpaired) electrons. The van der Waals surface area contributed by atoms with Crippen LogP contribution in [-0.2, 0) is 7.05 Å². The van der Waals surface area contributed by atoms with Crippen LogP contribution in [0, 0.1) is 5.82 Å². The van der Waals surface area contributed by atoms with Crippen LogP contribution >= 0.6 is 0 Å². The molecule has 1 amide bonds. The third-order valence-electron chi connectivity index (χ3n) is 3.47. The van der Waals surface area contributed by atoms with Crippen molar-refractivity contribution in [2.24, 2.45) is 7.05 Å². The largest absolute Gasteiger partial charge is 0.354 e. The molecule has 2 heterocycles. The predicted molar refractivity (Wildman–Crippen MR) is 93.6 cm³/mol. The lowest BCUT2D eigenvalue weighted by Crippen LogP contribution is -2.19. The Morgan fingerprint density at radius 3 is 2.64 bits per heavy atom. The number of pyridine rings is 2. The number of benzene rings is 1. The zero-order valence-corrected chi connectivity index (χ0v) is 13.4. The van der Waals surface area contributed by atoms with Crippen molar-refractivity contribution < 1.29 is 9.18 Å². The average Bonchev–Trinajstić information content (AvgIpc) is 2.59. The van der Waals surface area contributed by atoms with Gasteiger partial charge in [0.1, 0.15) is 11.6 Å². The molecule has 0 aliphatic heterocycles. The predicted octanol–water partition coefficient (Wildman–Crippen LogP) is 2.92. The fourth-order valence-corrected chi connectivity index (χ4v) is 2.19. The van der Waals surface area contributed by atoms with Crippen molar-refractivity contribution in [2.75, 3.05) is 10.6 Å². The number of aryl methyl sites for hydroxylation is 1. The number of rotatable bonds is 4. The van der Waals surface area contributed by atoms with Gasteiger partial charge in [-0.05, 0) is 36.4 Å². The summed E-state index contributed by atoms with van der Waals surface area (Å²) < 4.78 is 14.5. The van der Waals surface area contributed by atoms with Gasteiger partial charge in [-0.1, -0.05) is 6.07 Å². The number of hydrogen-bond donors (Lipinski definition) is 2. The quantitative estimate of drug-likeness (QED) is 0.767. The number of carbonyl (C=O) groups is 1.